The van der Waals surface area contributed by atoms with Gasteiger partial charge in [0.05, 0.1) is 15.5 Å². The Morgan fingerprint density at radius 3 is 2.19 bits per heavy atom. The maximum atomic E-state index is 13.0. The number of nitrogens with zero attached hydrogens (tertiary/aromatic N) is 1. The van der Waals surface area contributed by atoms with E-state index in [1.807, 2.05) is 0 Å². The zero-order valence-corrected chi connectivity index (χ0v) is 16.5. The molecule has 1 aliphatic rings. The van der Waals surface area contributed by atoms with Crippen LogP contribution in [-0.4, -0.2) is 39.5 Å². The molecule has 1 atom stereocenters. The highest BCUT2D eigenvalue weighted by Gasteiger charge is 2.36. The van der Waals surface area contributed by atoms with Crippen molar-refractivity contribution in [3.63, 3.8) is 0 Å². The summed E-state index contributed by atoms with van der Waals surface area (Å²) in [4.78, 5) is 0.348. The van der Waals surface area contributed by atoms with Crippen molar-refractivity contribution >= 4 is 31.5 Å². The van der Waals surface area contributed by atoms with Gasteiger partial charge in [0.2, 0.25) is 10.0 Å². The normalized spacial score (nSPS) is 19.3. The van der Waals surface area contributed by atoms with Crippen molar-refractivity contribution in [2.75, 3.05) is 12.3 Å². The Bertz CT molecular complexity index is 958. The van der Waals surface area contributed by atoms with E-state index >= 15 is 0 Å². The molecule has 1 saturated heterocycles. The van der Waals surface area contributed by atoms with E-state index in [0.717, 1.165) is 12.8 Å². The van der Waals surface area contributed by atoms with Gasteiger partial charge in [-0.05, 0) is 49.2 Å². The molecule has 3 rings (SSSR count). The summed E-state index contributed by atoms with van der Waals surface area (Å²) in [5.41, 5.74) is 0. The van der Waals surface area contributed by atoms with E-state index in [4.69, 9.17) is 11.6 Å². The van der Waals surface area contributed by atoms with E-state index in [0.29, 0.717) is 18.0 Å². The fourth-order valence-corrected chi connectivity index (χ4v) is 6.71. The molecule has 2 aromatic rings. The van der Waals surface area contributed by atoms with Gasteiger partial charge in [-0.2, -0.15) is 4.31 Å². The first-order chi connectivity index (χ1) is 12.3. The molecule has 1 aliphatic heterocycles. The quantitative estimate of drug-likeness (QED) is 0.753. The molecule has 2 aromatic carbocycles. The van der Waals surface area contributed by atoms with Crippen LogP contribution in [0, 0.1) is 0 Å². The second kappa shape index (κ2) is 7.68. The van der Waals surface area contributed by atoms with Crippen molar-refractivity contribution in [1.82, 2.24) is 4.31 Å². The first kappa shape index (κ1) is 19.4. The smallest absolute Gasteiger partial charge is 0.224 e. The van der Waals surface area contributed by atoms with Crippen LogP contribution in [0.1, 0.15) is 19.3 Å². The van der Waals surface area contributed by atoms with Gasteiger partial charge in [0, 0.05) is 17.6 Å². The van der Waals surface area contributed by atoms with E-state index < -0.39 is 25.9 Å². The van der Waals surface area contributed by atoms with Crippen LogP contribution in [0.3, 0.4) is 0 Å². The molecule has 26 heavy (non-hydrogen) atoms. The lowest BCUT2D eigenvalue weighted by molar-refractivity contribution is 0.270. The Morgan fingerprint density at radius 2 is 1.54 bits per heavy atom. The molecule has 0 bridgehead atoms. The Kier molecular flexibility index (Phi) is 5.72. The minimum absolute atomic E-state index is 0.157. The third kappa shape index (κ3) is 4.11. The lowest BCUT2D eigenvalue weighted by Gasteiger charge is -2.34. The van der Waals surface area contributed by atoms with Crippen molar-refractivity contribution in [2.45, 2.75) is 35.1 Å². The largest absolute Gasteiger partial charge is 0.243 e. The summed E-state index contributed by atoms with van der Waals surface area (Å²) < 4.78 is 52.8. The fraction of sp³-hybridized carbons (Fsp3) is 0.333. The predicted octanol–water partition coefficient (Wildman–Crippen LogP) is 3.36. The minimum Gasteiger partial charge on any atom is -0.224 e. The van der Waals surface area contributed by atoms with E-state index in [1.165, 1.54) is 40.7 Å². The van der Waals surface area contributed by atoms with E-state index in [-0.39, 0.29) is 15.5 Å². The highest BCUT2D eigenvalue weighted by Crippen LogP contribution is 2.28. The molecule has 0 spiro atoms. The monoisotopic (exact) mass is 413 g/mol. The number of sulfonamides is 1. The predicted molar refractivity (Wildman–Crippen MR) is 101 cm³/mol. The van der Waals surface area contributed by atoms with Gasteiger partial charge in [0.15, 0.2) is 9.84 Å². The number of benzene rings is 2. The van der Waals surface area contributed by atoms with Gasteiger partial charge in [0.1, 0.15) is 0 Å². The molecular formula is C18H20ClNO4S2. The molecule has 0 saturated carbocycles. The average molecular weight is 414 g/mol. The topological polar surface area (TPSA) is 71.5 Å². The van der Waals surface area contributed by atoms with Crippen molar-refractivity contribution in [3.05, 3.63) is 59.6 Å². The Labute approximate surface area is 159 Å². The number of halogens is 1. The summed E-state index contributed by atoms with van der Waals surface area (Å²) in [6.07, 6.45) is 2.06. The molecule has 5 nitrogen and oxygen atoms in total. The number of hydrogen-bond donors (Lipinski definition) is 0. The van der Waals surface area contributed by atoms with Crippen LogP contribution >= 0.6 is 11.6 Å². The molecular weight excluding hydrogens is 394 g/mol. The second-order valence-electron chi connectivity index (χ2n) is 6.31. The summed E-state index contributed by atoms with van der Waals surface area (Å²) in [6, 6.07) is 13.5. The van der Waals surface area contributed by atoms with Gasteiger partial charge < -0.3 is 0 Å². The van der Waals surface area contributed by atoms with Crippen molar-refractivity contribution in [1.29, 1.82) is 0 Å². The van der Waals surface area contributed by atoms with Crippen molar-refractivity contribution < 1.29 is 16.8 Å². The number of sulfone groups is 1. The van der Waals surface area contributed by atoms with Gasteiger partial charge >= 0.3 is 0 Å². The molecule has 8 heteroatoms. The first-order valence-electron chi connectivity index (χ1n) is 8.36. The van der Waals surface area contributed by atoms with E-state index in [2.05, 4.69) is 0 Å². The molecule has 0 radical (unpaired) electrons. The highest BCUT2D eigenvalue weighted by molar-refractivity contribution is 7.91. The molecule has 1 heterocycles. The number of piperidine rings is 1. The fourth-order valence-electron chi connectivity index (χ4n) is 3.18. The van der Waals surface area contributed by atoms with Crippen LogP contribution < -0.4 is 0 Å². The van der Waals surface area contributed by atoms with Crippen molar-refractivity contribution in [2.24, 2.45) is 0 Å². The summed E-state index contributed by atoms with van der Waals surface area (Å²) in [5, 5.41) is 0.454. The third-order valence-corrected chi connectivity index (χ3v) is 8.54. The van der Waals surface area contributed by atoms with Crippen LogP contribution in [0.2, 0.25) is 5.02 Å². The molecule has 0 N–H and O–H groups in total. The Morgan fingerprint density at radius 1 is 0.885 bits per heavy atom. The average Bonchev–Trinajstić information content (AvgIpc) is 2.63. The maximum absolute atomic E-state index is 13.0. The molecule has 140 valence electrons. The lowest BCUT2D eigenvalue weighted by Crippen LogP contribution is -2.46. The van der Waals surface area contributed by atoms with Gasteiger partial charge in [-0.1, -0.05) is 36.2 Å². The summed E-state index contributed by atoms with van der Waals surface area (Å²) in [6.45, 7) is 0.331. The lowest BCUT2D eigenvalue weighted by atomic mass is 10.1. The number of rotatable bonds is 5. The van der Waals surface area contributed by atoms with Gasteiger partial charge in [-0.25, -0.2) is 16.8 Å². The minimum atomic E-state index is -3.72. The summed E-state index contributed by atoms with van der Waals surface area (Å²) in [7, 11) is -7.34. The standard InChI is InChI=1S/C18H20ClNO4S2/c19-15-9-11-17(12-10-15)25(21,22)14-16-6-4-5-13-20(16)26(23,24)18-7-2-1-3-8-18/h1-3,7-12,16H,4-6,13-14H2. The maximum Gasteiger partial charge on any atom is 0.243 e. The molecule has 0 aliphatic carbocycles. The third-order valence-electron chi connectivity index (χ3n) is 4.51. The highest BCUT2D eigenvalue weighted by atomic mass is 35.5. The van der Waals surface area contributed by atoms with Crippen molar-refractivity contribution in [3.8, 4) is 0 Å². The molecule has 0 aromatic heterocycles. The van der Waals surface area contributed by atoms with Crippen LogP contribution in [0.15, 0.2) is 64.4 Å². The number of hydrogen-bond acceptors (Lipinski definition) is 4. The van der Waals surface area contributed by atoms with Gasteiger partial charge in [0.25, 0.3) is 0 Å². The Balaban J connectivity index is 1.89. The zero-order chi connectivity index (χ0) is 18.8. The molecule has 1 fully saturated rings. The van der Waals surface area contributed by atoms with Crippen LogP contribution in [-0.2, 0) is 19.9 Å². The van der Waals surface area contributed by atoms with E-state index in [9.17, 15) is 16.8 Å². The summed E-state index contributed by atoms with van der Waals surface area (Å²) in [5.74, 6) is -0.235. The summed E-state index contributed by atoms with van der Waals surface area (Å²) >= 11 is 5.82. The zero-order valence-electron chi connectivity index (χ0n) is 14.1. The Hall–Kier alpha value is -1.41. The second-order valence-corrected chi connectivity index (χ2v) is 10.7. The van der Waals surface area contributed by atoms with Gasteiger partial charge in [-0.15, -0.1) is 0 Å². The van der Waals surface area contributed by atoms with Crippen LogP contribution in [0.5, 0.6) is 0 Å². The van der Waals surface area contributed by atoms with Crippen LogP contribution in [0.4, 0.5) is 0 Å². The molecule has 0 amide bonds. The first-order valence-corrected chi connectivity index (χ1v) is 11.8. The van der Waals surface area contributed by atoms with Crippen LogP contribution in [0.25, 0.3) is 0 Å². The molecule has 1 unspecified atom stereocenters. The SMILES string of the molecule is O=S(=O)(CC1CCCCN1S(=O)(=O)c1ccccc1)c1ccc(Cl)cc1. The van der Waals surface area contributed by atoms with Gasteiger partial charge in [-0.3, -0.25) is 0 Å². The van der Waals surface area contributed by atoms with E-state index in [1.54, 1.807) is 18.2 Å².